The first kappa shape index (κ1) is 15.4. The van der Waals surface area contributed by atoms with Crippen LogP contribution in [0.2, 0.25) is 0 Å². The molecule has 1 aliphatic rings. The summed E-state index contributed by atoms with van der Waals surface area (Å²) in [5.74, 6) is 0.404. The molecule has 1 aromatic carbocycles. The number of aryl methyl sites for hydroxylation is 1. The third-order valence-electron chi connectivity index (χ3n) is 3.82. The minimum atomic E-state index is -0.467. The highest BCUT2D eigenvalue weighted by atomic mass is 16.6. The summed E-state index contributed by atoms with van der Waals surface area (Å²) in [5, 5.41) is 13.7. The molecule has 0 saturated carbocycles. The molecule has 0 unspecified atom stereocenters. The highest BCUT2D eigenvalue weighted by Crippen LogP contribution is 2.27. The molecule has 1 fully saturated rings. The third-order valence-corrected chi connectivity index (χ3v) is 3.82. The van der Waals surface area contributed by atoms with E-state index in [1.807, 2.05) is 0 Å². The molecule has 1 aromatic rings. The molecule has 6 heteroatoms. The van der Waals surface area contributed by atoms with E-state index in [9.17, 15) is 14.9 Å². The van der Waals surface area contributed by atoms with Crippen molar-refractivity contribution < 1.29 is 9.72 Å². The average Bonchev–Trinajstić information content (AvgIpc) is 2.40. The number of nitrogens with one attached hydrogen (secondary N) is 1. The number of para-hydroxylation sites is 1. The van der Waals surface area contributed by atoms with Gasteiger partial charge in [0, 0.05) is 12.6 Å². The van der Waals surface area contributed by atoms with Gasteiger partial charge in [0.05, 0.1) is 11.5 Å². The SMILES string of the molecule is Cc1cccc([N+](=O)[O-])c1NC(=O)CN1CCC[C@H](C)C1. The van der Waals surface area contributed by atoms with Crippen molar-refractivity contribution in [1.82, 2.24) is 4.90 Å². The second-order valence-electron chi connectivity index (χ2n) is 5.76. The Morgan fingerprint density at radius 1 is 1.52 bits per heavy atom. The second kappa shape index (κ2) is 6.67. The maximum Gasteiger partial charge on any atom is 0.293 e. The highest BCUT2D eigenvalue weighted by molar-refractivity contribution is 5.95. The molecule has 6 nitrogen and oxygen atoms in total. The van der Waals surface area contributed by atoms with Crippen molar-refractivity contribution in [2.24, 2.45) is 5.92 Å². The topological polar surface area (TPSA) is 75.5 Å². The van der Waals surface area contributed by atoms with Crippen molar-refractivity contribution in [3.63, 3.8) is 0 Å². The van der Waals surface area contributed by atoms with Crippen molar-refractivity contribution >= 4 is 17.3 Å². The number of nitro groups is 1. The van der Waals surface area contributed by atoms with Gasteiger partial charge in [0.1, 0.15) is 5.69 Å². The molecule has 1 saturated heterocycles. The average molecular weight is 291 g/mol. The summed E-state index contributed by atoms with van der Waals surface area (Å²) in [5.41, 5.74) is 0.942. The maximum atomic E-state index is 12.1. The molecule has 0 aromatic heterocycles. The first-order valence-corrected chi connectivity index (χ1v) is 7.23. The number of hydrogen-bond acceptors (Lipinski definition) is 4. The molecule has 1 aliphatic heterocycles. The quantitative estimate of drug-likeness (QED) is 0.683. The zero-order valence-corrected chi connectivity index (χ0v) is 12.5. The van der Waals surface area contributed by atoms with Crippen LogP contribution < -0.4 is 5.32 Å². The molecule has 1 heterocycles. The monoisotopic (exact) mass is 291 g/mol. The number of hydrogen-bond donors (Lipinski definition) is 1. The van der Waals surface area contributed by atoms with Crippen molar-refractivity contribution in [2.45, 2.75) is 26.7 Å². The van der Waals surface area contributed by atoms with E-state index >= 15 is 0 Å². The van der Waals surface area contributed by atoms with E-state index in [4.69, 9.17) is 0 Å². The fraction of sp³-hybridized carbons (Fsp3) is 0.533. The molecule has 21 heavy (non-hydrogen) atoms. The van der Waals surface area contributed by atoms with Crippen LogP contribution in [0.15, 0.2) is 18.2 Å². The Morgan fingerprint density at radius 3 is 2.95 bits per heavy atom. The van der Waals surface area contributed by atoms with Gasteiger partial charge in [0.25, 0.3) is 5.69 Å². The number of anilines is 1. The van der Waals surface area contributed by atoms with Gasteiger partial charge in [-0.05, 0) is 37.8 Å². The summed E-state index contributed by atoms with van der Waals surface area (Å²) < 4.78 is 0. The molecule has 2 rings (SSSR count). The van der Waals surface area contributed by atoms with Gasteiger partial charge in [-0.25, -0.2) is 0 Å². The number of nitrogens with zero attached hydrogens (tertiary/aromatic N) is 2. The normalized spacial score (nSPS) is 19.2. The van der Waals surface area contributed by atoms with Gasteiger partial charge in [-0.15, -0.1) is 0 Å². The molecule has 0 spiro atoms. The number of piperidine rings is 1. The molecule has 0 radical (unpaired) electrons. The molecule has 1 N–H and O–H groups in total. The first-order chi connectivity index (χ1) is 9.97. The summed E-state index contributed by atoms with van der Waals surface area (Å²) in [4.78, 5) is 24.8. The lowest BCUT2D eigenvalue weighted by Crippen LogP contribution is -2.39. The number of rotatable bonds is 4. The van der Waals surface area contributed by atoms with Crippen LogP contribution in [0.25, 0.3) is 0 Å². The van der Waals surface area contributed by atoms with Crippen LogP contribution in [0.4, 0.5) is 11.4 Å². The van der Waals surface area contributed by atoms with E-state index in [0.29, 0.717) is 17.2 Å². The first-order valence-electron chi connectivity index (χ1n) is 7.23. The van der Waals surface area contributed by atoms with Crippen LogP contribution in [0.1, 0.15) is 25.3 Å². The van der Waals surface area contributed by atoms with Gasteiger partial charge in [0.2, 0.25) is 5.91 Å². The van der Waals surface area contributed by atoms with Gasteiger partial charge in [-0.3, -0.25) is 19.8 Å². The zero-order valence-electron chi connectivity index (χ0n) is 12.5. The van der Waals surface area contributed by atoms with Crippen LogP contribution in [-0.4, -0.2) is 35.4 Å². The summed E-state index contributed by atoms with van der Waals surface area (Å²) in [6, 6.07) is 4.78. The maximum absolute atomic E-state index is 12.1. The van der Waals surface area contributed by atoms with Gasteiger partial charge in [-0.2, -0.15) is 0 Å². The molecule has 1 amide bonds. The Labute approximate surface area is 124 Å². The minimum Gasteiger partial charge on any atom is -0.319 e. The summed E-state index contributed by atoms with van der Waals surface area (Å²) in [6.45, 7) is 6.04. The summed E-state index contributed by atoms with van der Waals surface area (Å²) in [6.07, 6.45) is 2.29. The van der Waals surface area contributed by atoms with Crippen molar-refractivity contribution in [1.29, 1.82) is 0 Å². The van der Waals surface area contributed by atoms with Gasteiger partial charge in [0.15, 0.2) is 0 Å². The number of likely N-dealkylation sites (tertiary alicyclic amines) is 1. The lowest BCUT2D eigenvalue weighted by Gasteiger charge is -2.30. The Hall–Kier alpha value is -1.95. The molecule has 1 atom stereocenters. The predicted octanol–water partition coefficient (Wildman–Crippen LogP) is 2.57. The van der Waals surface area contributed by atoms with Crippen molar-refractivity contribution in [2.75, 3.05) is 25.0 Å². The molecular formula is C15H21N3O3. The lowest BCUT2D eigenvalue weighted by molar-refractivity contribution is -0.384. The van der Waals surface area contributed by atoms with E-state index in [1.165, 1.54) is 12.5 Å². The van der Waals surface area contributed by atoms with Crippen molar-refractivity contribution in [3.8, 4) is 0 Å². The smallest absolute Gasteiger partial charge is 0.293 e. The number of nitro benzene ring substituents is 1. The Bertz CT molecular complexity index is 545. The van der Waals surface area contributed by atoms with Crippen LogP contribution >= 0.6 is 0 Å². The fourth-order valence-electron chi connectivity index (χ4n) is 2.78. The van der Waals surface area contributed by atoms with Crippen molar-refractivity contribution in [3.05, 3.63) is 33.9 Å². The van der Waals surface area contributed by atoms with Crippen LogP contribution in [0.5, 0.6) is 0 Å². The standard InChI is InChI=1S/C15H21N3O3/c1-11-5-4-8-17(9-11)10-14(19)16-15-12(2)6-3-7-13(15)18(20)21/h3,6-7,11H,4-5,8-10H2,1-2H3,(H,16,19)/t11-/m0/s1. The number of amides is 1. The predicted molar refractivity (Wildman–Crippen MR) is 81.3 cm³/mol. The van der Waals surface area contributed by atoms with Crippen LogP contribution in [0, 0.1) is 23.0 Å². The number of carbonyl (C=O) groups excluding carboxylic acids is 1. The molecular weight excluding hydrogens is 270 g/mol. The molecule has 0 bridgehead atoms. The largest absolute Gasteiger partial charge is 0.319 e. The second-order valence-corrected chi connectivity index (χ2v) is 5.76. The van der Waals surface area contributed by atoms with E-state index in [0.717, 1.165) is 19.5 Å². The van der Waals surface area contributed by atoms with E-state index in [-0.39, 0.29) is 18.1 Å². The zero-order chi connectivity index (χ0) is 15.4. The van der Waals surface area contributed by atoms with Gasteiger partial charge >= 0.3 is 0 Å². The van der Waals surface area contributed by atoms with Gasteiger partial charge in [-0.1, -0.05) is 19.1 Å². The fourth-order valence-corrected chi connectivity index (χ4v) is 2.78. The Morgan fingerprint density at radius 2 is 2.29 bits per heavy atom. The highest BCUT2D eigenvalue weighted by Gasteiger charge is 2.21. The number of benzene rings is 1. The van der Waals surface area contributed by atoms with E-state index in [2.05, 4.69) is 17.1 Å². The van der Waals surface area contributed by atoms with Crippen LogP contribution in [-0.2, 0) is 4.79 Å². The Balaban J connectivity index is 2.04. The molecule has 114 valence electrons. The molecule has 0 aliphatic carbocycles. The summed E-state index contributed by atoms with van der Waals surface area (Å²) >= 11 is 0. The lowest BCUT2D eigenvalue weighted by atomic mass is 10.0. The van der Waals surface area contributed by atoms with E-state index in [1.54, 1.807) is 19.1 Å². The number of carbonyl (C=O) groups is 1. The minimum absolute atomic E-state index is 0.0598. The van der Waals surface area contributed by atoms with Gasteiger partial charge < -0.3 is 5.32 Å². The van der Waals surface area contributed by atoms with Crippen LogP contribution in [0.3, 0.4) is 0 Å². The summed E-state index contributed by atoms with van der Waals surface area (Å²) in [7, 11) is 0. The third kappa shape index (κ3) is 4.01. The Kier molecular flexibility index (Phi) is 4.90. The van der Waals surface area contributed by atoms with E-state index < -0.39 is 4.92 Å².